The second kappa shape index (κ2) is 7.49. The summed E-state index contributed by atoms with van der Waals surface area (Å²) >= 11 is 0. The predicted molar refractivity (Wildman–Crippen MR) is 100.0 cm³/mol. The number of nitrogens with zero attached hydrogens (tertiary/aromatic N) is 2. The molecule has 2 heterocycles. The number of hydrogen-bond donors (Lipinski definition) is 1. The van der Waals surface area contributed by atoms with Crippen LogP contribution in [0.4, 0.5) is 0 Å². The number of ether oxygens (including phenoxy) is 2. The lowest BCUT2D eigenvalue weighted by molar-refractivity contribution is -0.121. The van der Waals surface area contributed by atoms with Crippen molar-refractivity contribution in [2.24, 2.45) is 0 Å². The van der Waals surface area contributed by atoms with Crippen molar-refractivity contribution in [3.05, 3.63) is 65.2 Å². The van der Waals surface area contributed by atoms with Gasteiger partial charge in [-0.05, 0) is 24.3 Å². The van der Waals surface area contributed by atoms with Crippen LogP contribution in [0.15, 0.2) is 59.7 Å². The van der Waals surface area contributed by atoms with Crippen molar-refractivity contribution in [2.45, 2.75) is 19.1 Å². The maximum absolute atomic E-state index is 12.4. The van der Waals surface area contributed by atoms with E-state index >= 15 is 0 Å². The minimum absolute atomic E-state index is 0.144. The Morgan fingerprint density at radius 2 is 1.93 bits per heavy atom. The first-order chi connectivity index (χ1) is 13.2. The standard InChI is InChI=1S/C20H19N3O4/c24-19(21-11-14-12-26-17-7-3-4-8-18(17)27-14)9-10-23-13-22-16-6-2-1-5-15(16)20(23)25/h1-8,13-14H,9-12H2,(H,21,24). The highest BCUT2D eigenvalue weighted by Crippen LogP contribution is 2.30. The van der Waals surface area contributed by atoms with E-state index in [9.17, 15) is 9.59 Å². The van der Waals surface area contributed by atoms with Crippen molar-refractivity contribution in [1.82, 2.24) is 14.9 Å². The highest BCUT2D eigenvalue weighted by Gasteiger charge is 2.21. The highest BCUT2D eigenvalue weighted by atomic mass is 16.6. The van der Waals surface area contributed by atoms with Gasteiger partial charge in [0.25, 0.3) is 5.56 Å². The molecule has 1 atom stereocenters. The van der Waals surface area contributed by atoms with Gasteiger partial charge in [-0.3, -0.25) is 14.2 Å². The number of benzene rings is 2. The lowest BCUT2D eigenvalue weighted by Crippen LogP contribution is -2.41. The summed E-state index contributed by atoms with van der Waals surface area (Å²) in [4.78, 5) is 28.8. The van der Waals surface area contributed by atoms with Crippen LogP contribution in [0.2, 0.25) is 0 Å². The maximum atomic E-state index is 12.4. The Labute approximate surface area is 155 Å². The topological polar surface area (TPSA) is 82.5 Å². The van der Waals surface area contributed by atoms with Crippen LogP contribution in [0.25, 0.3) is 10.9 Å². The van der Waals surface area contributed by atoms with Gasteiger partial charge in [0.1, 0.15) is 12.7 Å². The van der Waals surface area contributed by atoms with Gasteiger partial charge >= 0.3 is 0 Å². The minimum atomic E-state index is -0.242. The zero-order valence-electron chi connectivity index (χ0n) is 14.6. The fraction of sp³-hybridized carbons (Fsp3) is 0.250. The van der Waals surface area contributed by atoms with E-state index < -0.39 is 0 Å². The first-order valence-electron chi connectivity index (χ1n) is 8.80. The number of fused-ring (bicyclic) bond motifs is 2. The average molecular weight is 365 g/mol. The SMILES string of the molecule is O=C(CCn1cnc2ccccc2c1=O)NCC1COc2ccccc2O1. The van der Waals surface area contributed by atoms with Crippen LogP contribution in [0.5, 0.6) is 11.5 Å². The Morgan fingerprint density at radius 3 is 2.81 bits per heavy atom. The molecule has 0 saturated heterocycles. The van der Waals surface area contributed by atoms with E-state index in [0.717, 1.165) is 0 Å². The molecule has 0 bridgehead atoms. The Bertz CT molecular complexity index is 1030. The van der Waals surface area contributed by atoms with Gasteiger partial charge in [0.2, 0.25) is 5.91 Å². The average Bonchev–Trinajstić information content (AvgIpc) is 2.72. The van der Waals surface area contributed by atoms with Crippen molar-refractivity contribution in [3.63, 3.8) is 0 Å². The number of carbonyl (C=O) groups is 1. The smallest absolute Gasteiger partial charge is 0.261 e. The molecule has 1 aromatic heterocycles. The second-order valence-corrected chi connectivity index (χ2v) is 6.31. The molecule has 0 aliphatic carbocycles. The molecule has 3 aromatic rings. The van der Waals surface area contributed by atoms with E-state index in [1.807, 2.05) is 30.3 Å². The van der Waals surface area contributed by atoms with E-state index in [2.05, 4.69) is 10.3 Å². The summed E-state index contributed by atoms with van der Waals surface area (Å²) < 4.78 is 12.9. The summed E-state index contributed by atoms with van der Waals surface area (Å²) in [5.74, 6) is 1.23. The second-order valence-electron chi connectivity index (χ2n) is 6.31. The summed E-state index contributed by atoms with van der Waals surface area (Å²) in [5, 5.41) is 3.38. The number of nitrogens with one attached hydrogen (secondary N) is 1. The van der Waals surface area contributed by atoms with Gasteiger partial charge in [-0.2, -0.15) is 0 Å². The van der Waals surface area contributed by atoms with E-state index in [0.29, 0.717) is 35.6 Å². The van der Waals surface area contributed by atoms with Crippen LogP contribution in [0.1, 0.15) is 6.42 Å². The zero-order chi connectivity index (χ0) is 18.6. The molecule has 1 amide bonds. The number of amides is 1. The zero-order valence-corrected chi connectivity index (χ0v) is 14.6. The molecule has 0 saturated carbocycles. The normalized spacial score (nSPS) is 15.5. The van der Waals surface area contributed by atoms with Gasteiger partial charge in [-0.1, -0.05) is 24.3 Å². The third kappa shape index (κ3) is 3.76. The summed E-state index contributed by atoms with van der Waals surface area (Å²) in [7, 11) is 0. The van der Waals surface area contributed by atoms with Gasteiger partial charge in [-0.25, -0.2) is 4.98 Å². The molecule has 7 nitrogen and oxygen atoms in total. The molecular formula is C20H19N3O4. The van der Waals surface area contributed by atoms with Crippen LogP contribution < -0.4 is 20.3 Å². The summed E-state index contributed by atoms with van der Waals surface area (Å²) in [6, 6.07) is 14.6. The number of aromatic nitrogens is 2. The lowest BCUT2D eigenvalue weighted by Gasteiger charge is -2.26. The van der Waals surface area contributed by atoms with Crippen LogP contribution in [0.3, 0.4) is 0 Å². The molecule has 7 heteroatoms. The Kier molecular flexibility index (Phi) is 4.74. The van der Waals surface area contributed by atoms with Crippen molar-refractivity contribution < 1.29 is 14.3 Å². The molecule has 4 rings (SSSR count). The number of carbonyl (C=O) groups excluding carboxylic acids is 1. The van der Waals surface area contributed by atoms with E-state index in [-0.39, 0.29) is 30.5 Å². The number of hydrogen-bond acceptors (Lipinski definition) is 5. The van der Waals surface area contributed by atoms with Crippen molar-refractivity contribution >= 4 is 16.8 Å². The first-order valence-corrected chi connectivity index (χ1v) is 8.80. The lowest BCUT2D eigenvalue weighted by atomic mass is 10.2. The molecule has 138 valence electrons. The Balaban J connectivity index is 1.31. The molecular weight excluding hydrogens is 346 g/mol. The summed E-state index contributed by atoms with van der Waals surface area (Å²) in [6.45, 7) is 0.997. The van der Waals surface area contributed by atoms with Crippen LogP contribution in [-0.2, 0) is 11.3 Å². The van der Waals surface area contributed by atoms with Gasteiger partial charge < -0.3 is 14.8 Å². The first kappa shape index (κ1) is 17.1. The molecule has 1 N–H and O–H groups in total. The Hall–Kier alpha value is -3.35. The van der Waals surface area contributed by atoms with Gasteiger partial charge in [-0.15, -0.1) is 0 Å². The number of aryl methyl sites for hydroxylation is 1. The quantitative estimate of drug-likeness (QED) is 0.745. The third-order valence-corrected chi connectivity index (χ3v) is 4.41. The highest BCUT2D eigenvalue weighted by molar-refractivity contribution is 5.77. The summed E-state index contributed by atoms with van der Waals surface area (Å²) in [5.41, 5.74) is 0.506. The van der Waals surface area contributed by atoms with E-state index in [4.69, 9.17) is 9.47 Å². The van der Waals surface area contributed by atoms with Crippen LogP contribution in [0, 0.1) is 0 Å². The van der Waals surface area contributed by atoms with Crippen molar-refractivity contribution in [1.29, 1.82) is 0 Å². The molecule has 2 aromatic carbocycles. The minimum Gasteiger partial charge on any atom is -0.486 e. The maximum Gasteiger partial charge on any atom is 0.261 e. The molecule has 27 heavy (non-hydrogen) atoms. The molecule has 0 radical (unpaired) electrons. The predicted octanol–water partition coefficient (Wildman–Crippen LogP) is 1.74. The largest absolute Gasteiger partial charge is 0.486 e. The van der Waals surface area contributed by atoms with Gasteiger partial charge in [0, 0.05) is 13.0 Å². The fourth-order valence-electron chi connectivity index (χ4n) is 2.97. The molecule has 0 spiro atoms. The van der Waals surface area contributed by atoms with E-state index in [1.165, 1.54) is 10.9 Å². The van der Waals surface area contributed by atoms with Gasteiger partial charge in [0.05, 0.1) is 23.8 Å². The van der Waals surface area contributed by atoms with Crippen LogP contribution >= 0.6 is 0 Å². The summed E-state index contributed by atoms with van der Waals surface area (Å²) in [6.07, 6.45) is 1.42. The van der Waals surface area contributed by atoms with Gasteiger partial charge in [0.15, 0.2) is 11.5 Å². The van der Waals surface area contributed by atoms with Crippen LogP contribution in [-0.4, -0.2) is 34.7 Å². The van der Waals surface area contributed by atoms with Crippen molar-refractivity contribution in [2.75, 3.05) is 13.2 Å². The number of para-hydroxylation sites is 3. The number of rotatable bonds is 5. The molecule has 1 aliphatic rings. The third-order valence-electron chi connectivity index (χ3n) is 4.41. The fourth-order valence-corrected chi connectivity index (χ4v) is 2.97. The molecule has 1 aliphatic heterocycles. The van der Waals surface area contributed by atoms with E-state index in [1.54, 1.807) is 18.2 Å². The molecule has 0 fully saturated rings. The monoisotopic (exact) mass is 365 g/mol. The van der Waals surface area contributed by atoms with Crippen molar-refractivity contribution in [3.8, 4) is 11.5 Å². The Morgan fingerprint density at radius 1 is 1.15 bits per heavy atom. The molecule has 1 unspecified atom stereocenters.